The summed E-state index contributed by atoms with van der Waals surface area (Å²) in [5.41, 5.74) is 2.51. The highest BCUT2D eigenvalue weighted by Gasteiger charge is 2.19. The highest BCUT2D eigenvalue weighted by Crippen LogP contribution is 2.20. The summed E-state index contributed by atoms with van der Waals surface area (Å²) in [5.74, 6) is 0. The summed E-state index contributed by atoms with van der Waals surface area (Å²) in [6.45, 7) is 3.19. The van der Waals surface area contributed by atoms with E-state index in [1.165, 1.54) is 30.4 Å². The molecule has 15 heavy (non-hydrogen) atoms. The largest absolute Gasteiger partial charge is 0.314 e. The molecule has 1 fully saturated rings. The normalized spacial score (nSPS) is 15.6. The van der Waals surface area contributed by atoms with Gasteiger partial charge in [0, 0.05) is 11.1 Å². The van der Waals surface area contributed by atoms with Gasteiger partial charge in [-0.25, -0.2) is 0 Å². The molecule has 0 saturated heterocycles. The van der Waals surface area contributed by atoms with Crippen LogP contribution in [0.5, 0.6) is 0 Å². The zero-order valence-electron chi connectivity index (χ0n) is 9.22. The predicted octanol–water partition coefficient (Wildman–Crippen LogP) is 3.33. The maximum atomic E-state index is 6.16. The lowest BCUT2D eigenvalue weighted by atomic mass is 10.1. The van der Waals surface area contributed by atoms with Gasteiger partial charge in [-0.05, 0) is 56.3 Å². The van der Waals surface area contributed by atoms with Crippen LogP contribution in [0.1, 0.15) is 30.4 Å². The molecule has 1 aromatic rings. The molecule has 1 aromatic carbocycles. The van der Waals surface area contributed by atoms with Crippen molar-refractivity contribution < 1.29 is 0 Å². The van der Waals surface area contributed by atoms with Crippen molar-refractivity contribution in [3.8, 4) is 0 Å². The number of hydrogen-bond acceptors (Lipinski definition) is 1. The van der Waals surface area contributed by atoms with Crippen LogP contribution in [-0.2, 0) is 6.42 Å². The van der Waals surface area contributed by atoms with E-state index in [9.17, 15) is 0 Å². The number of rotatable bonds is 5. The van der Waals surface area contributed by atoms with E-state index in [4.69, 9.17) is 11.6 Å². The van der Waals surface area contributed by atoms with Crippen molar-refractivity contribution in [1.82, 2.24) is 5.32 Å². The van der Waals surface area contributed by atoms with Gasteiger partial charge in [0.05, 0.1) is 0 Å². The third kappa shape index (κ3) is 3.51. The molecule has 0 amide bonds. The summed E-state index contributed by atoms with van der Waals surface area (Å²) in [6, 6.07) is 7.15. The van der Waals surface area contributed by atoms with Gasteiger partial charge < -0.3 is 5.32 Å². The molecule has 1 aliphatic rings. The molecule has 0 unspecified atom stereocenters. The number of benzene rings is 1. The van der Waals surface area contributed by atoms with E-state index in [0.29, 0.717) is 0 Å². The average molecular weight is 224 g/mol. The Morgan fingerprint density at radius 3 is 2.87 bits per heavy atom. The van der Waals surface area contributed by atoms with Gasteiger partial charge in [-0.1, -0.05) is 23.7 Å². The third-order valence-electron chi connectivity index (χ3n) is 2.84. The van der Waals surface area contributed by atoms with Crippen LogP contribution in [0.25, 0.3) is 0 Å². The first-order valence-electron chi connectivity index (χ1n) is 5.74. The van der Waals surface area contributed by atoms with Crippen LogP contribution in [0, 0.1) is 6.92 Å². The molecule has 0 atom stereocenters. The lowest BCUT2D eigenvalue weighted by Crippen LogP contribution is -2.17. The van der Waals surface area contributed by atoms with Crippen molar-refractivity contribution in [3.05, 3.63) is 34.3 Å². The van der Waals surface area contributed by atoms with Crippen LogP contribution in [-0.4, -0.2) is 12.6 Å². The van der Waals surface area contributed by atoms with Crippen LogP contribution in [0.2, 0.25) is 5.02 Å². The van der Waals surface area contributed by atoms with Crippen LogP contribution < -0.4 is 5.32 Å². The highest BCUT2D eigenvalue weighted by molar-refractivity contribution is 6.31. The summed E-state index contributed by atoms with van der Waals surface area (Å²) < 4.78 is 0. The Labute approximate surface area is 96.8 Å². The molecule has 1 saturated carbocycles. The fourth-order valence-corrected chi connectivity index (χ4v) is 2.06. The molecule has 1 N–H and O–H groups in total. The van der Waals surface area contributed by atoms with Gasteiger partial charge >= 0.3 is 0 Å². The zero-order chi connectivity index (χ0) is 10.7. The Morgan fingerprint density at radius 2 is 2.20 bits per heavy atom. The SMILES string of the molecule is Cc1ccc(CCCNC2CC2)c(Cl)c1. The van der Waals surface area contributed by atoms with Gasteiger partial charge in [0.15, 0.2) is 0 Å². The predicted molar refractivity (Wildman–Crippen MR) is 65.5 cm³/mol. The Morgan fingerprint density at radius 1 is 1.40 bits per heavy atom. The molecule has 82 valence electrons. The molecule has 0 spiro atoms. The molecule has 0 aliphatic heterocycles. The van der Waals surface area contributed by atoms with Crippen molar-refractivity contribution in [2.45, 2.75) is 38.6 Å². The minimum atomic E-state index is 0.818. The summed E-state index contributed by atoms with van der Waals surface area (Å²) >= 11 is 6.16. The Kier molecular flexibility index (Phi) is 3.66. The third-order valence-corrected chi connectivity index (χ3v) is 3.19. The van der Waals surface area contributed by atoms with E-state index >= 15 is 0 Å². The number of aryl methyl sites for hydroxylation is 2. The van der Waals surface area contributed by atoms with E-state index in [1.54, 1.807) is 0 Å². The fraction of sp³-hybridized carbons (Fsp3) is 0.538. The van der Waals surface area contributed by atoms with E-state index in [0.717, 1.165) is 24.0 Å². The van der Waals surface area contributed by atoms with Crippen LogP contribution in [0.15, 0.2) is 18.2 Å². The van der Waals surface area contributed by atoms with Crippen LogP contribution >= 0.6 is 11.6 Å². The first-order chi connectivity index (χ1) is 7.25. The summed E-state index contributed by atoms with van der Waals surface area (Å²) in [4.78, 5) is 0. The van der Waals surface area contributed by atoms with Gasteiger partial charge in [0.2, 0.25) is 0 Å². The second-order valence-electron chi connectivity index (χ2n) is 4.43. The zero-order valence-corrected chi connectivity index (χ0v) is 9.98. The second kappa shape index (κ2) is 5.00. The van der Waals surface area contributed by atoms with E-state index in [-0.39, 0.29) is 0 Å². The number of hydrogen-bond donors (Lipinski definition) is 1. The van der Waals surface area contributed by atoms with Crippen LogP contribution in [0.4, 0.5) is 0 Å². The van der Waals surface area contributed by atoms with Gasteiger partial charge in [-0.2, -0.15) is 0 Å². The fourth-order valence-electron chi connectivity index (χ4n) is 1.73. The van der Waals surface area contributed by atoms with Crippen molar-refractivity contribution >= 4 is 11.6 Å². The number of halogens is 1. The smallest absolute Gasteiger partial charge is 0.0440 e. The standard InChI is InChI=1S/C13H18ClN/c1-10-4-5-11(13(14)9-10)3-2-8-15-12-6-7-12/h4-5,9,12,15H,2-3,6-8H2,1H3. The Hall–Kier alpha value is -0.530. The summed E-state index contributed by atoms with van der Waals surface area (Å²) in [5, 5.41) is 4.43. The minimum Gasteiger partial charge on any atom is -0.314 e. The average Bonchev–Trinajstić information content (AvgIpc) is 2.99. The number of nitrogens with one attached hydrogen (secondary N) is 1. The second-order valence-corrected chi connectivity index (χ2v) is 4.83. The maximum Gasteiger partial charge on any atom is 0.0440 e. The Bertz CT molecular complexity index is 331. The molecule has 1 nitrogen and oxygen atoms in total. The topological polar surface area (TPSA) is 12.0 Å². The van der Waals surface area contributed by atoms with E-state index < -0.39 is 0 Å². The molecule has 2 rings (SSSR count). The van der Waals surface area contributed by atoms with Crippen LogP contribution in [0.3, 0.4) is 0 Å². The van der Waals surface area contributed by atoms with Gasteiger partial charge in [0.1, 0.15) is 0 Å². The summed E-state index contributed by atoms with van der Waals surface area (Å²) in [6.07, 6.45) is 4.99. The highest BCUT2D eigenvalue weighted by atomic mass is 35.5. The van der Waals surface area contributed by atoms with Gasteiger partial charge in [-0.15, -0.1) is 0 Å². The maximum absolute atomic E-state index is 6.16. The first-order valence-corrected chi connectivity index (χ1v) is 6.12. The molecular formula is C13H18ClN. The lowest BCUT2D eigenvalue weighted by molar-refractivity contribution is 0.645. The molecule has 0 radical (unpaired) electrons. The molecular weight excluding hydrogens is 206 g/mol. The van der Waals surface area contributed by atoms with E-state index in [1.807, 2.05) is 6.07 Å². The first kappa shape index (κ1) is 11.0. The van der Waals surface area contributed by atoms with Crippen molar-refractivity contribution in [3.63, 3.8) is 0 Å². The van der Waals surface area contributed by atoms with Crippen molar-refractivity contribution in [2.75, 3.05) is 6.54 Å². The molecule has 0 aromatic heterocycles. The molecule has 0 bridgehead atoms. The summed E-state index contributed by atoms with van der Waals surface area (Å²) in [7, 11) is 0. The van der Waals surface area contributed by atoms with E-state index in [2.05, 4.69) is 24.4 Å². The monoisotopic (exact) mass is 223 g/mol. The Balaban J connectivity index is 1.76. The van der Waals surface area contributed by atoms with Gasteiger partial charge in [-0.3, -0.25) is 0 Å². The lowest BCUT2D eigenvalue weighted by Gasteiger charge is -2.06. The van der Waals surface area contributed by atoms with Crippen molar-refractivity contribution in [2.24, 2.45) is 0 Å². The van der Waals surface area contributed by atoms with Crippen molar-refractivity contribution in [1.29, 1.82) is 0 Å². The molecule has 1 aliphatic carbocycles. The molecule has 0 heterocycles. The minimum absolute atomic E-state index is 0.818. The van der Waals surface area contributed by atoms with Gasteiger partial charge in [0.25, 0.3) is 0 Å². The molecule has 2 heteroatoms. The quantitative estimate of drug-likeness (QED) is 0.756.